The van der Waals surface area contributed by atoms with Crippen LogP contribution in [0.4, 0.5) is 11.4 Å². The largest absolute Gasteiger partial charge is 0.497 e. The molecule has 0 heterocycles. The van der Waals surface area contributed by atoms with E-state index in [0.717, 1.165) is 10.2 Å². The number of anilines is 2. The van der Waals surface area contributed by atoms with E-state index in [1.54, 1.807) is 37.4 Å². The summed E-state index contributed by atoms with van der Waals surface area (Å²) in [6, 6.07) is 12.6. The van der Waals surface area contributed by atoms with Crippen LogP contribution in [-0.4, -0.2) is 19.6 Å². The molecule has 0 spiro atoms. The van der Waals surface area contributed by atoms with Crippen molar-refractivity contribution in [1.29, 1.82) is 0 Å². The molecule has 0 unspecified atom stereocenters. The van der Waals surface area contributed by atoms with Gasteiger partial charge in [0.05, 0.1) is 24.4 Å². The van der Waals surface area contributed by atoms with Gasteiger partial charge in [0, 0.05) is 10.2 Å². The second-order valence-corrected chi connectivity index (χ2v) is 5.58. The normalized spacial score (nSPS) is 10.0. The second-order valence-electron chi connectivity index (χ2n) is 4.25. The maximum absolute atomic E-state index is 11.9. The molecule has 0 bridgehead atoms. The molecule has 6 heteroatoms. The topological polar surface area (TPSA) is 50.4 Å². The number of ether oxygens (including phenoxy) is 1. The van der Waals surface area contributed by atoms with Gasteiger partial charge >= 0.3 is 0 Å². The number of amides is 1. The lowest BCUT2D eigenvalue weighted by Crippen LogP contribution is -2.21. The van der Waals surface area contributed by atoms with Crippen molar-refractivity contribution >= 4 is 44.8 Å². The molecule has 2 aromatic rings. The maximum Gasteiger partial charge on any atom is 0.243 e. The van der Waals surface area contributed by atoms with Crippen molar-refractivity contribution < 1.29 is 9.53 Å². The van der Waals surface area contributed by atoms with Crippen LogP contribution in [0.5, 0.6) is 5.75 Å². The molecule has 0 aliphatic heterocycles. The maximum atomic E-state index is 11.9. The quantitative estimate of drug-likeness (QED) is 0.832. The van der Waals surface area contributed by atoms with E-state index in [0.29, 0.717) is 16.4 Å². The number of benzene rings is 2. The van der Waals surface area contributed by atoms with Crippen LogP contribution in [0.3, 0.4) is 0 Å². The minimum absolute atomic E-state index is 0.127. The van der Waals surface area contributed by atoms with Crippen LogP contribution in [0.25, 0.3) is 0 Å². The molecular weight excluding hydrogens is 356 g/mol. The standard InChI is InChI=1S/C15H14BrClN2O2/c1-21-12-5-3-11(4-6-12)19-15(20)9-18-14-8-10(16)2-7-13(14)17/h2-8,18H,9H2,1H3,(H,19,20). The molecule has 0 saturated carbocycles. The summed E-state index contributed by atoms with van der Waals surface area (Å²) in [5.74, 6) is 0.586. The van der Waals surface area contributed by atoms with E-state index in [1.165, 1.54) is 0 Å². The first kappa shape index (κ1) is 15.7. The first-order chi connectivity index (χ1) is 10.1. The smallest absolute Gasteiger partial charge is 0.243 e. The van der Waals surface area contributed by atoms with Crippen molar-refractivity contribution in [2.45, 2.75) is 0 Å². The first-order valence-electron chi connectivity index (χ1n) is 6.21. The lowest BCUT2D eigenvalue weighted by molar-refractivity contribution is -0.114. The van der Waals surface area contributed by atoms with Crippen molar-refractivity contribution in [2.75, 3.05) is 24.3 Å². The zero-order valence-electron chi connectivity index (χ0n) is 11.3. The summed E-state index contributed by atoms with van der Waals surface area (Å²) in [6.45, 7) is 0.127. The van der Waals surface area contributed by atoms with E-state index in [2.05, 4.69) is 26.6 Å². The number of rotatable bonds is 5. The number of carbonyl (C=O) groups is 1. The summed E-state index contributed by atoms with van der Waals surface area (Å²) in [5.41, 5.74) is 1.42. The van der Waals surface area contributed by atoms with Crippen LogP contribution < -0.4 is 15.4 Å². The molecule has 1 amide bonds. The first-order valence-corrected chi connectivity index (χ1v) is 7.38. The predicted molar refractivity (Wildman–Crippen MR) is 89.3 cm³/mol. The van der Waals surface area contributed by atoms with Crippen molar-refractivity contribution in [3.05, 3.63) is 52.0 Å². The number of methoxy groups -OCH3 is 1. The molecule has 0 aliphatic rings. The average Bonchev–Trinajstić information content (AvgIpc) is 2.49. The van der Waals surface area contributed by atoms with Gasteiger partial charge in [0.15, 0.2) is 0 Å². The summed E-state index contributed by atoms with van der Waals surface area (Å²) in [5, 5.41) is 6.35. The van der Waals surface area contributed by atoms with Gasteiger partial charge in [0.25, 0.3) is 0 Å². The van der Waals surface area contributed by atoms with Gasteiger partial charge in [-0.2, -0.15) is 0 Å². The van der Waals surface area contributed by atoms with Crippen LogP contribution >= 0.6 is 27.5 Å². The molecule has 4 nitrogen and oxygen atoms in total. The molecule has 0 saturated heterocycles. The second kappa shape index (κ2) is 7.33. The highest BCUT2D eigenvalue weighted by atomic mass is 79.9. The Morgan fingerprint density at radius 3 is 2.62 bits per heavy atom. The number of carbonyl (C=O) groups excluding carboxylic acids is 1. The Bertz CT molecular complexity index is 632. The third kappa shape index (κ3) is 4.65. The lowest BCUT2D eigenvalue weighted by Gasteiger charge is -2.10. The van der Waals surface area contributed by atoms with Gasteiger partial charge in [-0.3, -0.25) is 4.79 Å². The molecule has 2 N–H and O–H groups in total. The Morgan fingerprint density at radius 2 is 1.95 bits per heavy atom. The molecular formula is C15H14BrClN2O2. The summed E-state index contributed by atoms with van der Waals surface area (Å²) >= 11 is 9.40. The molecule has 2 rings (SSSR count). The Kier molecular flexibility index (Phi) is 5.47. The Balaban J connectivity index is 1.91. The minimum Gasteiger partial charge on any atom is -0.497 e. The van der Waals surface area contributed by atoms with Gasteiger partial charge < -0.3 is 15.4 Å². The van der Waals surface area contributed by atoms with Crippen LogP contribution in [0.1, 0.15) is 0 Å². The summed E-state index contributed by atoms with van der Waals surface area (Å²) < 4.78 is 5.95. The van der Waals surface area contributed by atoms with Gasteiger partial charge in [-0.25, -0.2) is 0 Å². The van der Waals surface area contributed by atoms with E-state index in [9.17, 15) is 4.79 Å². The summed E-state index contributed by atoms with van der Waals surface area (Å²) in [4.78, 5) is 11.9. The number of halogens is 2. The fourth-order valence-electron chi connectivity index (χ4n) is 1.69. The van der Waals surface area contributed by atoms with Crippen LogP contribution in [0, 0.1) is 0 Å². The van der Waals surface area contributed by atoms with Crippen LogP contribution in [-0.2, 0) is 4.79 Å². The molecule has 0 fully saturated rings. The minimum atomic E-state index is -0.156. The Morgan fingerprint density at radius 1 is 1.24 bits per heavy atom. The van der Waals surface area contributed by atoms with Gasteiger partial charge in [-0.1, -0.05) is 27.5 Å². The van der Waals surface area contributed by atoms with Crippen molar-refractivity contribution in [3.63, 3.8) is 0 Å². The number of hydrogen-bond donors (Lipinski definition) is 2. The highest BCUT2D eigenvalue weighted by Gasteiger charge is 2.05. The molecule has 0 radical (unpaired) electrons. The third-order valence-corrected chi connectivity index (χ3v) is 3.56. The van der Waals surface area contributed by atoms with E-state index < -0.39 is 0 Å². The molecule has 0 atom stereocenters. The molecule has 2 aromatic carbocycles. The van der Waals surface area contributed by atoms with E-state index >= 15 is 0 Å². The average molecular weight is 370 g/mol. The summed E-state index contributed by atoms with van der Waals surface area (Å²) in [6.07, 6.45) is 0. The molecule has 0 aliphatic carbocycles. The van der Waals surface area contributed by atoms with Gasteiger partial charge in [0.1, 0.15) is 5.75 Å². The molecule has 110 valence electrons. The van der Waals surface area contributed by atoms with Gasteiger partial charge in [-0.15, -0.1) is 0 Å². The molecule has 0 aromatic heterocycles. The fourth-order valence-corrected chi connectivity index (χ4v) is 2.23. The van der Waals surface area contributed by atoms with Crippen molar-refractivity contribution in [3.8, 4) is 5.75 Å². The highest BCUT2D eigenvalue weighted by Crippen LogP contribution is 2.25. The lowest BCUT2D eigenvalue weighted by atomic mass is 10.3. The van der Waals surface area contributed by atoms with Crippen molar-refractivity contribution in [1.82, 2.24) is 0 Å². The summed E-state index contributed by atoms with van der Waals surface area (Å²) in [7, 11) is 1.60. The zero-order chi connectivity index (χ0) is 15.2. The van der Waals surface area contributed by atoms with Gasteiger partial charge in [0.2, 0.25) is 5.91 Å². The Hall–Kier alpha value is -1.72. The monoisotopic (exact) mass is 368 g/mol. The van der Waals surface area contributed by atoms with Crippen molar-refractivity contribution in [2.24, 2.45) is 0 Å². The van der Waals surface area contributed by atoms with Gasteiger partial charge in [-0.05, 0) is 42.5 Å². The van der Waals surface area contributed by atoms with E-state index in [-0.39, 0.29) is 12.5 Å². The zero-order valence-corrected chi connectivity index (χ0v) is 13.7. The fraction of sp³-hybridized carbons (Fsp3) is 0.133. The van der Waals surface area contributed by atoms with Crippen LogP contribution in [0.15, 0.2) is 46.9 Å². The SMILES string of the molecule is COc1ccc(NC(=O)CNc2cc(Br)ccc2Cl)cc1. The van der Waals surface area contributed by atoms with E-state index in [1.807, 2.05) is 12.1 Å². The molecule has 21 heavy (non-hydrogen) atoms. The highest BCUT2D eigenvalue weighted by molar-refractivity contribution is 9.10. The number of nitrogens with one attached hydrogen (secondary N) is 2. The van der Waals surface area contributed by atoms with E-state index in [4.69, 9.17) is 16.3 Å². The van der Waals surface area contributed by atoms with Crippen LogP contribution in [0.2, 0.25) is 5.02 Å². The number of hydrogen-bond acceptors (Lipinski definition) is 3. The predicted octanol–water partition coefficient (Wildman–Crippen LogP) is 4.16. The Labute approximate surface area is 136 Å². The third-order valence-electron chi connectivity index (χ3n) is 2.74.